The molecule has 5 heteroatoms. The smallest absolute Gasteiger partial charge is 0.408 e. The zero-order valence-corrected chi connectivity index (χ0v) is 14.2. The van der Waals surface area contributed by atoms with Crippen molar-refractivity contribution in [2.45, 2.75) is 57.6 Å². The highest BCUT2D eigenvalue weighted by Crippen LogP contribution is 2.46. The number of alkyl carbamates (subject to hydrolysis) is 1. The number of benzene rings is 1. The van der Waals surface area contributed by atoms with Crippen molar-refractivity contribution in [1.82, 2.24) is 5.32 Å². The molecule has 0 atom stereocenters. The lowest BCUT2D eigenvalue weighted by molar-refractivity contribution is 0.0495. The molecular formula is C18H27NO4. The number of nitrogens with one attached hydrogen (secondary N) is 1. The minimum Gasteiger partial charge on any atom is -0.494 e. The summed E-state index contributed by atoms with van der Waals surface area (Å²) < 4.78 is 11.1. The Hall–Kier alpha value is -1.75. The molecule has 1 aromatic carbocycles. The molecule has 1 aliphatic rings. The normalized spacial score (nSPS) is 15.8. The summed E-state index contributed by atoms with van der Waals surface area (Å²) in [4.78, 5) is 12.0. The first-order valence-corrected chi connectivity index (χ1v) is 8.20. The predicted molar refractivity (Wildman–Crippen MR) is 88.5 cm³/mol. The number of amides is 1. The Balaban J connectivity index is 1.96. The molecule has 0 saturated heterocycles. The Labute approximate surface area is 138 Å². The van der Waals surface area contributed by atoms with E-state index >= 15 is 0 Å². The van der Waals surface area contributed by atoms with E-state index in [1.54, 1.807) is 0 Å². The van der Waals surface area contributed by atoms with Crippen molar-refractivity contribution in [3.8, 4) is 5.75 Å². The summed E-state index contributed by atoms with van der Waals surface area (Å²) in [5.41, 5.74) is 0.216. The highest BCUT2D eigenvalue weighted by molar-refractivity contribution is 5.70. The zero-order chi connectivity index (χ0) is 16.9. The van der Waals surface area contributed by atoms with Gasteiger partial charge in [0.05, 0.1) is 12.1 Å². The van der Waals surface area contributed by atoms with Crippen LogP contribution in [-0.4, -0.2) is 30.0 Å². The van der Waals surface area contributed by atoms with Crippen LogP contribution in [0.4, 0.5) is 4.79 Å². The first-order chi connectivity index (χ1) is 10.8. The van der Waals surface area contributed by atoms with Gasteiger partial charge in [-0.3, -0.25) is 0 Å². The molecule has 1 saturated carbocycles. The molecule has 0 aromatic heterocycles. The van der Waals surface area contributed by atoms with Crippen LogP contribution >= 0.6 is 0 Å². The van der Waals surface area contributed by atoms with E-state index in [-0.39, 0.29) is 18.2 Å². The summed E-state index contributed by atoms with van der Waals surface area (Å²) in [5, 5.41) is 11.8. The lowest BCUT2D eigenvalue weighted by Gasteiger charge is -2.24. The van der Waals surface area contributed by atoms with Gasteiger partial charge in [0, 0.05) is 6.61 Å². The van der Waals surface area contributed by atoms with Crippen molar-refractivity contribution in [1.29, 1.82) is 0 Å². The van der Waals surface area contributed by atoms with E-state index in [2.05, 4.69) is 5.32 Å². The van der Waals surface area contributed by atoms with E-state index < -0.39 is 5.60 Å². The molecule has 1 aromatic rings. The third-order valence-electron chi connectivity index (χ3n) is 3.70. The lowest BCUT2D eigenvalue weighted by atomic mass is 10.0. The first-order valence-electron chi connectivity index (χ1n) is 8.20. The number of carbonyl (C=O) groups excluding carboxylic acids is 1. The molecule has 0 unspecified atom stereocenters. The van der Waals surface area contributed by atoms with Crippen LogP contribution in [0.1, 0.15) is 52.0 Å². The largest absolute Gasteiger partial charge is 0.494 e. The average Bonchev–Trinajstić information content (AvgIpc) is 3.23. The monoisotopic (exact) mass is 321 g/mol. The van der Waals surface area contributed by atoms with Gasteiger partial charge >= 0.3 is 6.09 Å². The van der Waals surface area contributed by atoms with Gasteiger partial charge in [-0.1, -0.05) is 12.1 Å². The SMILES string of the molecule is CC(C)(C)OC(=O)NC1(c2cccc(OCCCCO)c2)CC1. The molecule has 5 nitrogen and oxygen atoms in total. The summed E-state index contributed by atoms with van der Waals surface area (Å²) in [7, 11) is 0. The molecule has 0 bridgehead atoms. The maximum Gasteiger partial charge on any atom is 0.408 e. The van der Waals surface area contributed by atoms with Gasteiger partial charge in [0.2, 0.25) is 0 Å². The van der Waals surface area contributed by atoms with Crippen LogP contribution in [0.3, 0.4) is 0 Å². The van der Waals surface area contributed by atoms with Crippen LogP contribution < -0.4 is 10.1 Å². The van der Waals surface area contributed by atoms with E-state index in [4.69, 9.17) is 14.6 Å². The standard InChI is InChI=1S/C18H27NO4/c1-17(2,3)23-16(21)19-18(9-10-18)14-7-6-8-15(13-14)22-12-5-4-11-20/h6-8,13,20H,4-5,9-12H2,1-3H3,(H,19,21). The van der Waals surface area contributed by atoms with Gasteiger partial charge in [-0.15, -0.1) is 0 Å². The van der Waals surface area contributed by atoms with Crippen LogP contribution in [0.15, 0.2) is 24.3 Å². The number of unbranched alkanes of at least 4 members (excludes halogenated alkanes) is 1. The molecule has 128 valence electrons. The summed E-state index contributed by atoms with van der Waals surface area (Å²) in [5.74, 6) is 0.790. The summed E-state index contributed by atoms with van der Waals surface area (Å²) >= 11 is 0. The van der Waals surface area contributed by atoms with Crippen molar-refractivity contribution in [3.05, 3.63) is 29.8 Å². The second-order valence-corrected chi connectivity index (χ2v) is 7.02. The highest BCUT2D eigenvalue weighted by Gasteiger charge is 2.46. The summed E-state index contributed by atoms with van der Waals surface area (Å²) in [6, 6.07) is 7.83. The fraction of sp³-hybridized carbons (Fsp3) is 0.611. The highest BCUT2D eigenvalue weighted by atomic mass is 16.6. The molecular weight excluding hydrogens is 294 g/mol. The Bertz CT molecular complexity index is 532. The average molecular weight is 321 g/mol. The molecule has 0 aliphatic heterocycles. The second-order valence-electron chi connectivity index (χ2n) is 7.02. The number of ether oxygens (including phenoxy) is 2. The van der Waals surface area contributed by atoms with E-state index in [0.717, 1.165) is 37.0 Å². The third kappa shape index (κ3) is 5.43. The maximum absolute atomic E-state index is 12.0. The third-order valence-corrected chi connectivity index (χ3v) is 3.70. The fourth-order valence-corrected chi connectivity index (χ4v) is 2.40. The lowest BCUT2D eigenvalue weighted by Crippen LogP contribution is -2.39. The van der Waals surface area contributed by atoms with Gasteiger partial charge in [-0.05, 0) is 64.2 Å². The number of rotatable bonds is 7. The van der Waals surface area contributed by atoms with Crippen molar-refractivity contribution >= 4 is 6.09 Å². The van der Waals surface area contributed by atoms with Crippen molar-refractivity contribution < 1.29 is 19.4 Å². The quantitative estimate of drug-likeness (QED) is 0.756. The first kappa shape index (κ1) is 17.6. The number of aliphatic hydroxyl groups is 1. The van der Waals surface area contributed by atoms with Gasteiger partial charge in [-0.2, -0.15) is 0 Å². The fourth-order valence-electron chi connectivity index (χ4n) is 2.40. The number of hydrogen-bond acceptors (Lipinski definition) is 4. The van der Waals surface area contributed by atoms with E-state index in [0.29, 0.717) is 6.61 Å². The summed E-state index contributed by atoms with van der Waals surface area (Å²) in [6.07, 6.45) is 2.98. The van der Waals surface area contributed by atoms with Gasteiger partial charge < -0.3 is 19.9 Å². The van der Waals surface area contributed by atoms with Crippen LogP contribution in [0.2, 0.25) is 0 Å². The molecule has 2 N–H and O–H groups in total. The summed E-state index contributed by atoms with van der Waals surface area (Å²) in [6.45, 7) is 6.33. The molecule has 0 heterocycles. The van der Waals surface area contributed by atoms with Crippen LogP contribution in [0.5, 0.6) is 5.75 Å². The van der Waals surface area contributed by atoms with Crippen molar-refractivity contribution in [3.63, 3.8) is 0 Å². The zero-order valence-electron chi connectivity index (χ0n) is 14.2. The molecule has 1 amide bonds. The van der Waals surface area contributed by atoms with Crippen LogP contribution in [-0.2, 0) is 10.3 Å². The van der Waals surface area contributed by atoms with Gasteiger partial charge in [-0.25, -0.2) is 4.79 Å². The van der Waals surface area contributed by atoms with E-state index in [1.165, 1.54) is 0 Å². The van der Waals surface area contributed by atoms with E-state index in [9.17, 15) is 4.79 Å². The van der Waals surface area contributed by atoms with Gasteiger partial charge in [0.25, 0.3) is 0 Å². The van der Waals surface area contributed by atoms with E-state index in [1.807, 2.05) is 45.0 Å². The van der Waals surface area contributed by atoms with Crippen molar-refractivity contribution in [2.75, 3.05) is 13.2 Å². The molecule has 2 rings (SSSR count). The molecule has 1 fully saturated rings. The molecule has 1 aliphatic carbocycles. The topological polar surface area (TPSA) is 67.8 Å². The number of hydrogen-bond donors (Lipinski definition) is 2. The Morgan fingerprint density at radius 3 is 2.65 bits per heavy atom. The Kier molecular flexibility index (Phi) is 5.52. The molecule has 0 spiro atoms. The number of carbonyl (C=O) groups is 1. The minimum atomic E-state index is -0.502. The molecule has 0 radical (unpaired) electrons. The second kappa shape index (κ2) is 7.21. The van der Waals surface area contributed by atoms with Crippen LogP contribution in [0.25, 0.3) is 0 Å². The maximum atomic E-state index is 12.0. The van der Waals surface area contributed by atoms with Crippen molar-refractivity contribution in [2.24, 2.45) is 0 Å². The number of aliphatic hydroxyl groups excluding tert-OH is 1. The van der Waals surface area contributed by atoms with Gasteiger partial charge in [0.1, 0.15) is 11.4 Å². The molecule has 23 heavy (non-hydrogen) atoms. The minimum absolute atomic E-state index is 0.187. The Morgan fingerprint density at radius 2 is 2.04 bits per heavy atom. The Morgan fingerprint density at radius 1 is 1.30 bits per heavy atom. The van der Waals surface area contributed by atoms with Gasteiger partial charge in [0.15, 0.2) is 0 Å². The predicted octanol–water partition coefficient (Wildman–Crippen LogP) is 3.35. The van der Waals surface area contributed by atoms with Crippen LogP contribution in [0, 0.1) is 0 Å².